The third-order valence-electron chi connectivity index (χ3n) is 3.93. The average Bonchev–Trinajstić information content (AvgIpc) is 2.88. The number of rotatable bonds is 4. The standard InChI is InChI=1S/C19H17NO3/c1-3-23-19(22)14-10-8-13(9-11-14)18-16(12-21)15-6-4-5-7-17(15)20(18)2/h4-12H,3H2,1-2H3. The summed E-state index contributed by atoms with van der Waals surface area (Å²) in [7, 11) is 1.93. The summed E-state index contributed by atoms with van der Waals surface area (Å²) in [6, 6.07) is 14.9. The Morgan fingerprint density at radius 3 is 2.48 bits per heavy atom. The van der Waals surface area contributed by atoms with Gasteiger partial charge in [-0.05, 0) is 30.7 Å². The molecule has 1 aromatic heterocycles. The molecule has 23 heavy (non-hydrogen) atoms. The van der Waals surface area contributed by atoms with Gasteiger partial charge in [0.1, 0.15) is 0 Å². The second-order valence-electron chi connectivity index (χ2n) is 5.25. The number of nitrogens with zero attached hydrogens (tertiary/aromatic N) is 1. The van der Waals surface area contributed by atoms with E-state index in [1.165, 1.54) is 0 Å². The van der Waals surface area contributed by atoms with E-state index in [0.717, 1.165) is 28.4 Å². The lowest BCUT2D eigenvalue weighted by Crippen LogP contribution is -2.04. The molecule has 1 heterocycles. The summed E-state index contributed by atoms with van der Waals surface area (Å²) in [5.74, 6) is -0.341. The Balaban J connectivity index is 2.12. The van der Waals surface area contributed by atoms with Crippen LogP contribution in [0, 0.1) is 0 Å². The number of para-hydroxylation sites is 1. The summed E-state index contributed by atoms with van der Waals surface area (Å²) in [5.41, 5.74) is 3.89. The summed E-state index contributed by atoms with van der Waals surface area (Å²) in [5, 5.41) is 0.925. The molecule has 0 bridgehead atoms. The van der Waals surface area contributed by atoms with Crippen LogP contribution < -0.4 is 0 Å². The van der Waals surface area contributed by atoms with Crippen LogP contribution in [0.2, 0.25) is 0 Å². The van der Waals surface area contributed by atoms with Gasteiger partial charge in [0, 0.05) is 23.5 Å². The number of hydrogen-bond donors (Lipinski definition) is 0. The fourth-order valence-electron chi connectivity index (χ4n) is 2.87. The lowest BCUT2D eigenvalue weighted by atomic mass is 10.0. The van der Waals surface area contributed by atoms with Gasteiger partial charge >= 0.3 is 5.97 Å². The Morgan fingerprint density at radius 2 is 1.83 bits per heavy atom. The number of carbonyl (C=O) groups excluding carboxylic acids is 2. The van der Waals surface area contributed by atoms with Gasteiger partial charge in [-0.15, -0.1) is 0 Å². The van der Waals surface area contributed by atoms with Crippen molar-refractivity contribution in [3.8, 4) is 11.3 Å². The molecule has 0 aliphatic carbocycles. The molecular formula is C19H17NO3. The summed E-state index contributed by atoms with van der Waals surface area (Å²) < 4.78 is 6.99. The number of fused-ring (bicyclic) bond motifs is 1. The fraction of sp³-hybridized carbons (Fsp3) is 0.158. The molecule has 0 N–H and O–H groups in total. The topological polar surface area (TPSA) is 48.3 Å². The van der Waals surface area contributed by atoms with Gasteiger partial charge in [0.2, 0.25) is 0 Å². The zero-order valence-electron chi connectivity index (χ0n) is 13.1. The zero-order chi connectivity index (χ0) is 16.4. The van der Waals surface area contributed by atoms with Crippen molar-refractivity contribution in [3.05, 3.63) is 59.7 Å². The van der Waals surface area contributed by atoms with E-state index in [1.54, 1.807) is 19.1 Å². The lowest BCUT2D eigenvalue weighted by Gasteiger charge is -2.07. The van der Waals surface area contributed by atoms with Crippen molar-refractivity contribution >= 4 is 23.2 Å². The maximum absolute atomic E-state index is 11.7. The number of aromatic nitrogens is 1. The first-order valence-electron chi connectivity index (χ1n) is 7.47. The number of hydrogen-bond acceptors (Lipinski definition) is 3. The predicted molar refractivity (Wildman–Crippen MR) is 89.7 cm³/mol. The van der Waals surface area contributed by atoms with E-state index in [4.69, 9.17) is 4.74 Å². The molecule has 3 aromatic rings. The van der Waals surface area contributed by atoms with Crippen LogP contribution in [0.4, 0.5) is 0 Å². The summed E-state index contributed by atoms with van der Waals surface area (Å²) in [6.07, 6.45) is 0.886. The first-order valence-corrected chi connectivity index (χ1v) is 7.47. The normalized spacial score (nSPS) is 10.7. The average molecular weight is 307 g/mol. The summed E-state index contributed by atoms with van der Waals surface area (Å²) >= 11 is 0. The molecule has 0 atom stereocenters. The van der Waals surface area contributed by atoms with Gasteiger partial charge < -0.3 is 9.30 Å². The molecule has 0 spiro atoms. The van der Waals surface area contributed by atoms with E-state index >= 15 is 0 Å². The van der Waals surface area contributed by atoms with Gasteiger partial charge in [0.25, 0.3) is 0 Å². The third kappa shape index (κ3) is 2.52. The maximum Gasteiger partial charge on any atom is 0.338 e. The highest BCUT2D eigenvalue weighted by Crippen LogP contribution is 2.31. The Kier molecular flexibility index (Phi) is 3.98. The van der Waals surface area contributed by atoms with Crippen LogP contribution in [0.5, 0.6) is 0 Å². The van der Waals surface area contributed by atoms with Gasteiger partial charge in [-0.25, -0.2) is 4.79 Å². The van der Waals surface area contributed by atoms with Crippen molar-refractivity contribution in [3.63, 3.8) is 0 Å². The SMILES string of the molecule is CCOC(=O)c1ccc(-c2c(C=O)c3ccccc3n2C)cc1. The number of carbonyl (C=O) groups is 2. The monoisotopic (exact) mass is 307 g/mol. The number of benzene rings is 2. The highest BCUT2D eigenvalue weighted by molar-refractivity contribution is 6.05. The highest BCUT2D eigenvalue weighted by atomic mass is 16.5. The molecule has 116 valence electrons. The molecule has 0 saturated carbocycles. The molecule has 0 aliphatic heterocycles. The van der Waals surface area contributed by atoms with Crippen molar-refractivity contribution in [1.82, 2.24) is 4.57 Å². The first kappa shape index (κ1) is 15.0. The summed E-state index contributed by atoms with van der Waals surface area (Å²) in [4.78, 5) is 23.3. The molecule has 0 radical (unpaired) electrons. The molecule has 0 saturated heterocycles. The Hall–Kier alpha value is -2.88. The van der Waals surface area contributed by atoms with Crippen molar-refractivity contribution < 1.29 is 14.3 Å². The smallest absolute Gasteiger partial charge is 0.338 e. The van der Waals surface area contributed by atoms with Gasteiger partial charge in [-0.2, -0.15) is 0 Å². The van der Waals surface area contributed by atoms with E-state index < -0.39 is 0 Å². The van der Waals surface area contributed by atoms with Gasteiger partial charge in [-0.3, -0.25) is 4.79 Å². The molecular weight excluding hydrogens is 290 g/mol. The van der Waals surface area contributed by atoms with E-state index in [2.05, 4.69) is 0 Å². The predicted octanol–water partition coefficient (Wildman–Crippen LogP) is 3.83. The number of ether oxygens (including phenoxy) is 1. The van der Waals surface area contributed by atoms with Crippen LogP contribution in [-0.4, -0.2) is 23.4 Å². The van der Waals surface area contributed by atoms with Crippen LogP contribution in [0.25, 0.3) is 22.2 Å². The number of aryl methyl sites for hydroxylation is 1. The van der Waals surface area contributed by atoms with Crippen molar-refractivity contribution in [2.75, 3.05) is 6.61 Å². The lowest BCUT2D eigenvalue weighted by molar-refractivity contribution is 0.0526. The second kappa shape index (κ2) is 6.08. The van der Waals surface area contributed by atoms with Crippen LogP contribution in [0.3, 0.4) is 0 Å². The van der Waals surface area contributed by atoms with Crippen LogP contribution in [0.15, 0.2) is 48.5 Å². The van der Waals surface area contributed by atoms with Crippen LogP contribution >= 0.6 is 0 Å². The molecule has 2 aromatic carbocycles. The Labute approximate surface area is 134 Å². The minimum Gasteiger partial charge on any atom is -0.462 e. The zero-order valence-corrected chi connectivity index (χ0v) is 13.1. The second-order valence-corrected chi connectivity index (χ2v) is 5.25. The van der Waals surface area contributed by atoms with E-state index in [0.29, 0.717) is 17.7 Å². The highest BCUT2D eigenvalue weighted by Gasteiger charge is 2.16. The van der Waals surface area contributed by atoms with Crippen molar-refractivity contribution in [1.29, 1.82) is 0 Å². The van der Waals surface area contributed by atoms with Gasteiger partial charge in [0.05, 0.1) is 17.9 Å². The molecule has 3 rings (SSSR count). The number of aldehydes is 1. The van der Waals surface area contributed by atoms with E-state index in [-0.39, 0.29) is 5.97 Å². The third-order valence-corrected chi connectivity index (χ3v) is 3.93. The molecule has 0 aliphatic rings. The largest absolute Gasteiger partial charge is 0.462 e. The molecule has 0 amide bonds. The van der Waals surface area contributed by atoms with Crippen LogP contribution in [-0.2, 0) is 11.8 Å². The van der Waals surface area contributed by atoms with Crippen molar-refractivity contribution in [2.45, 2.75) is 6.92 Å². The van der Waals surface area contributed by atoms with Gasteiger partial charge in [0.15, 0.2) is 6.29 Å². The van der Waals surface area contributed by atoms with Crippen LogP contribution in [0.1, 0.15) is 27.6 Å². The summed E-state index contributed by atoms with van der Waals surface area (Å²) in [6.45, 7) is 2.12. The Bertz CT molecular complexity index is 876. The van der Waals surface area contributed by atoms with E-state index in [1.807, 2.05) is 48.0 Å². The maximum atomic E-state index is 11.7. The van der Waals surface area contributed by atoms with E-state index in [9.17, 15) is 9.59 Å². The molecule has 4 heteroatoms. The first-order chi connectivity index (χ1) is 11.2. The minimum absolute atomic E-state index is 0.341. The fourth-order valence-corrected chi connectivity index (χ4v) is 2.87. The van der Waals surface area contributed by atoms with Gasteiger partial charge in [-0.1, -0.05) is 30.3 Å². The Morgan fingerprint density at radius 1 is 1.13 bits per heavy atom. The molecule has 0 fully saturated rings. The minimum atomic E-state index is -0.341. The molecule has 4 nitrogen and oxygen atoms in total. The quantitative estimate of drug-likeness (QED) is 0.543. The molecule has 0 unspecified atom stereocenters. The van der Waals surface area contributed by atoms with Crippen molar-refractivity contribution in [2.24, 2.45) is 7.05 Å². The number of esters is 1.